The van der Waals surface area contributed by atoms with Gasteiger partial charge in [-0.2, -0.15) is 0 Å². The molecule has 1 N–H and O–H groups in total. The van der Waals surface area contributed by atoms with Gasteiger partial charge in [0.2, 0.25) is 0 Å². The fraction of sp³-hybridized carbons (Fsp3) is 0.846. The Morgan fingerprint density at radius 3 is 2.71 bits per heavy atom. The van der Waals surface area contributed by atoms with Gasteiger partial charge in [-0.05, 0) is 51.0 Å². The van der Waals surface area contributed by atoms with Crippen molar-refractivity contribution < 1.29 is 0 Å². The molecule has 1 saturated heterocycles. The molecule has 0 aromatic carbocycles. The molecule has 1 nitrogen and oxygen atoms in total. The van der Waals surface area contributed by atoms with E-state index in [0.29, 0.717) is 6.04 Å². The summed E-state index contributed by atoms with van der Waals surface area (Å²) in [4.78, 5) is 0. The van der Waals surface area contributed by atoms with Crippen molar-refractivity contribution in [3.8, 4) is 0 Å². The summed E-state index contributed by atoms with van der Waals surface area (Å²) in [7, 11) is 0. The van der Waals surface area contributed by atoms with Crippen molar-refractivity contribution in [3.63, 3.8) is 0 Å². The first-order chi connectivity index (χ1) is 6.77. The van der Waals surface area contributed by atoms with Gasteiger partial charge in [-0.3, -0.25) is 0 Å². The van der Waals surface area contributed by atoms with Crippen LogP contribution >= 0.6 is 0 Å². The Bertz CT molecular complexity index is 215. The molecule has 2 fully saturated rings. The first-order valence-corrected chi connectivity index (χ1v) is 6.21. The summed E-state index contributed by atoms with van der Waals surface area (Å²) in [5, 5.41) is 3.54. The predicted octanol–water partition coefficient (Wildman–Crippen LogP) is 3.12. The lowest BCUT2D eigenvalue weighted by molar-refractivity contribution is 0.253. The number of rotatable bonds is 2. The lowest BCUT2D eigenvalue weighted by Crippen LogP contribution is -2.34. The topological polar surface area (TPSA) is 12.0 Å². The van der Waals surface area contributed by atoms with Crippen LogP contribution in [-0.4, -0.2) is 12.6 Å². The molecule has 2 rings (SSSR count). The van der Waals surface area contributed by atoms with Gasteiger partial charge in [-0.1, -0.05) is 25.0 Å². The highest BCUT2D eigenvalue weighted by molar-refractivity contribution is 5.14. The number of allylic oxidation sites excluding steroid dienone is 1. The van der Waals surface area contributed by atoms with Crippen LogP contribution in [0.5, 0.6) is 0 Å². The van der Waals surface area contributed by atoms with Crippen molar-refractivity contribution in [2.24, 2.45) is 11.8 Å². The second-order valence-electron chi connectivity index (χ2n) is 5.07. The summed E-state index contributed by atoms with van der Waals surface area (Å²) in [6, 6.07) is 0.631. The summed E-state index contributed by atoms with van der Waals surface area (Å²) in [5.41, 5.74) is 1.66. The monoisotopic (exact) mass is 193 g/mol. The van der Waals surface area contributed by atoms with Crippen LogP contribution < -0.4 is 5.32 Å². The molecule has 1 heterocycles. The van der Waals surface area contributed by atoms with E-state index in [4.69, 9.17) is 0 Å². The molecule has 1 aliphatic carbocycles. The number of piperidine rings is 1. The van der Waals surface area contributed by atoms with Crippen molar-refractivity contribution in [3.05, 3.63) is 11.6 Å². The molecule has 0 aromatic rings. The quantitative estimate of drug-likeness (QED) is 0.664. The predicted molar refractivity (Wildman–Crippen MR) is 61.3 cm³/mol. The average Bonchev–Trinajstić information content (AvgIpc) is 2.05. The third-order valence-electron chi connectivity index (χ3n) is 4.02. The lowest BCUT2D eigenvalue weighted by atomic mass is 9.75. The zero-order valence-electron chi connectivity index (χ0n) is 9.55. The van der Waals surface area contributed by atoms with E-state index in [1.165, 1.54) is 38.6 Å². The van der Waals surface area contributed by atoms with Crippen LogP contribution in [0.1, 0.15) is 46.0 Å². The van der Waals surface area contributed by atoms with E-state index >= 15 is 0 Å². The Kier molecular flexibility index (Phi) is 3.27. The molecule has 0 aromatic heterocycles. The molecule has 80 valence electrons. The summed E-state index contributed by atoms with van der Waals surface area (Å²) >= 11 is 0. The summed E-state index contributed by atoms with van der Waals surface area (Å²) < 4.78 is 0. The maximum Gasteiger partial charge on any atom is 0.0251 e. The Labute approximate surface area is 88.0 Å². The van der Waals surface area contributed by atoms with E-state index < -0.39 is 0 Å². The highest BCUT2D eigenvalue weighted by Crippen LogP contribution is 2.35. The second-order valence-corrected chi connectivity index (χ2v) is 5.07. The molecule has 2 atom stereocenters. The van der Waals surface area contributed by atoms with Gasteiger partial charge in [0.15, 0.2) is 0 Å². The van der Waals surface area contributed by atoms with Crippen molar-refractivity contribution in [1.82, 2.24) is 5.32 Å². The van der Waals surface area contributed by atoms with Gasteiger partial charge >= 0.3 is 0 Å². The first kappa shape index (κ1) is 10.2. The molecule has 1 heteroatoms. The molecule has 0 bridgehead atoms. The molecule has 14 heavy (non-hydrogen) atoms. The van der Waals surface area contributed by atoms with Crippen LogP contribution in [0.3, 0.4) is 0 Å². The van der Waals surface area contributed by atoms with E-state index in [9.17, 15) is 0 Å². The molecule has 2 aliphatic rings. The van der Waals surface area contributed by atoms with E-state index in [2.05, 4.69) is 25.2 Å². The molecule has 0 radical (unpaired) electrons. The lowest BCUT2D eigenvalue weighted by Gasteiger charge is -2.32. The molecule has 1 aliphatic heterocycles. The van der Waals surface area contributed by atoms with E-state index in [1.807, 2.05) is 0 Å². The maximum absolute atomic E-state index is 3.54. The Morgan fingerprint density at radius 1 is 1.36 bits per heavy atom. The fourth-order valence-corrected chi connectivity index (χ4v) is 2.63. The number of hydrogen-bond donors (Lipinski definition) is 1. The molecule has 1 saturated carbocycles. The fourth-order valence-electron chi connectivity index (χ4n) is 2.63. The van der Waals surface area contributed by atoms with Crippen LogP contribution in [0, 0.1) is 11.8 Å². The van der Waals surface area contributed by atoms with Gasteiger partial charge in [0.25, 0.3) is 0 Å². The zero-order chi connectivity index (χ0) is 9.97. The summed E-state index contributed by atoms with van der Waals surface area (Å²) in [6.45, 7) is 5.91. The second kappa shape index (κ2) is 4.48. The average molecular weight is 193 g/mol. The molecule has 2 unspecified atom stereocenters. The summed E-state index contributed by atoms with van der Waals surface area (Å²) in [5.74, 6) is 1.82. The Morgan fingerprint density at radius 2 is 2.14 bits per heavy atom. The number of nitrogens with one attached hydrogen (secondary N) is 1. The van der Waals surface area contributed by atoms with Crippen molar-refractivity contribution in [2.75, 3.05) is 6.54 Å². The minimum Gasteiger partial charge on any atom is -0.311 e. The van der Waals surface area contributed by atoms with Crippen LogP contribution in [-0.2, 0) is 0 Å². The molecular weight excluding hydrogens is 170 g/mol. The van der Waals surface area contributed by atoms with Gasteiger partial charge in [0, 0.05) is 6.04 Å². The third kappa shape index (κ3) is 2.20. The first-order valence-electron chi connectivity index (χ1n) is 6.21. The zero-order valence-corrected chi connectivity index (χ0v) is 9.55. The van der Waals surface area contributed by atoms with Crippen molar-refractivity contribution in [1.29, 1.82) is 0 Å². The number of hydrogen-bond acceptors (Lipinski definition) is 1. The van der Waals surface area contributed by atoms with E-state index in [-0.39, 0.29) is 0 Å². The normalized spacial score (nSPS) is 34.1. The molecule has 0 amide bonds. The van der Waals surface area contributed by atoms with Gasteiger partial charge < -0.3 is 5.32 Å². The van der Waals surface area contributed by atoms with E-state index in [0.717, 1.165) is 11.8 Å². The van der Waals surface area contributed by atoms with Crippen LogP contribution in [0.15, 0.2) is 11.6 Å². The SMILES string of the molecule is CC1NCCC/C1=C/C(C)C1CCC1. The highest BCUT2D eigenvalue weighted by atomic mass is 14.9. The Balaban J connectivity index is 1.93. The third-order valence-corrected chi connectivity index (χ3v) is 4.02. The standard InChI is InChI=1S/C13H23N/c1-10(12-5-3-6-12)9-13-7-4-8-14-11(13)2/h9-12,14H,3-8H2,1-2H3/b13-9-. The molecular formula is C13H23N. The van der Waals surface area contributed by atoms with E-state index in [1.54, 1.807) is 5.57 Å². The Hall–Kier alpha value is -0.300. The highest BCUT2D eigenvalue weighted by Gasteiger charge is 2.23. The van der Waals surface area contributed by atoms with Crippen LogP contribution in [0.25, 0.3) is 0 Å². The smallest absolute Gasteiger partial charge is 0.0251 e. The van der Waals surface area contributed by atoms with Gasteiger partial charge in [0.05, 0.1) is 0 Å². The molecule has 0 spiro atoms. The van der Waals surface area contributed by atoms with Crippen molar-refractivity contribution in [2.45, 2.75) is 52.0 Å². The van der Waals surface area contributed by atoms with Gasteiger partial charge in [0.1, 0.15) is 0 Å². The van der Waals surface area contributed by atoms with Crippen LogP contribution in [0.4, 0.5) is 0 Å². The van der Waals surface area contributed by atoms with Crippen molar-refractivity contribution >= 4 is 0 Å². The minimum atomic E-state index is 0.631. The maximum atomic E-state index is 3.54. The minimum absolute atomic E-state index is 0.631. The van der Waals surface area contributed by atoms with Gasteiger partial charge in [-0.15, -0.1) is 0 Å². The van der Waals surface area contributed by atoms with Crippen LogP contribution in [0.2, 0.25) is 0 Å². The largest absolute Gasteiger partial charge is 0.311 e. The van der Waals surface area contributed by atoms with Gasteiger partial charge in [-0.25, -0.2) is 0 Å². The summed E-state index contributed by atoms with van der Waals surface area (Å²) in [6.07, 6.45) is 9.60.